The molecule has 1 unspecified atom stereocenters. The van der Waals surface area contributed by atoms with Crippen LogP contribution < -0.4 is 19.8 Å². The van der Waals surface area contributed by atoms with Gasteiger partial charge in [0.15, 0.2) is 11.5 Å². The molecule has 0 radical (unpaired) electrons. The first-order valence-electron chi connectivity index (χ1n) is 10.8. The number of hydrogen-bond donors (Lipinski definition) is 0. The summed E-state index contributed by atoms with van der Waals surface area (Å²) in [7, 11) is 3.21. The summed E-state index contributed by atoms with van der Waals surface area (Å²) in [6.07, 6.45) is 2.61. The Labute approximate surface area is 185 Å². The molecule has 1 atom stereocenters. The Bertz CT molecular complexity index is 1230. The minimum Gasteiger partial charge on any atom is -0.493 e. The second-order valence-electron chi connectivity index (χ2n) is 8.21. The lowest BCUT2D eigenvalue weighted by Crippen LogP contribution is -2.43. The molecule has 7 heteroatoms. The number of hydrogen-bond acceptors (Lipinski definition) is 6. The van der Waals surface area contributed by atoms with Crippen molar-refractivity contribution in [1.82, 2.24) is 4.90 Å². The van der Waals surface area contributed by atoms with Crippen molar-refractivity contribution < 1.29 is 23.4 Å². The van der Waals surface area contributed by atoms with E-state index in [0.29, 0.717) is 29.4 Å². The summed E-state index contributed by atoms with van der Waals surface area (Å²) < 4.78 is 22.4. The van der Waals surface area contributed by atoms with E-state index in [1.807, 2.05) is 35.2 Å². The topological polar surface area (TPSA) is 78.2 Å². The minimum atomic E-state index is -0.472. The molecular weight excluding hydrogens is 410 g/mol. The summed E-state index contributed by atoms with van der Waals surface area (Å²) in [5.74, 6) is 1.99. The number of methoxy groups -OCH3 is 2. The Balaban J connectivity index is 1.52. The van der Waals surface area contributed by atoms with Crippen LogP contribution in [0.15, 0.2) is 51.7 Å². The Morgan fingerprint density at radius 2 is 1.81 bits per heavy atom. The van der Waals surface area contributed by atoms with Crippen molar-refractivity contribution in [2.45, 2.75) is 25.3 Å². The lowest BCUT2D eigenvalue weighted by molar-refractivity contribution is -0.136. The Hall–Kier alpha value is -3.48. The highest BCUT2D eigenvalue weighted by molar-refractivity contribution is 5.83. The molecule has 1 aromatic heterocycles. The van der Waals surface area contributed by atoms with Gasteiger partial charge in [0.2, 0.25) is 5.91 Å². The second kappa shape index (κ2) is 8.22. The normalized spacial score (nSPS) is 17.7. The maximum atomic E-state index is 13.1. The van der Waals surface area contributed by atoms with Crippen molar-refractivity contribution in [3.05, 3.63) is 64.0 Å². The van der Waals surface area contributed by atoms with Crippen LogP contribution in [0.2, 0.25) is 0 Å². The number of fused-ring (bicyclic) bond motifs is 2. The Morgan fingerprint density at radius 1 is 1.06 bits per heavy atom. The third-order valence-electron chi connectivity index (χ3n) is 6.22. The first kappa shape index (κ1) is 20.4. The van der Waals surface area contributed by atoms with Crippen molar-refractivity contribution in [2.75, 3.05) is 27.4 Å². The molecule has 166 valence electrons. The SMILES string of the molecule is COc1cc2c(cc1OC)C(COc1cc(=O)oc3ccccc13)N(C(=O)C1CC1)CC2. The van der Waals surface area contributed by atoms with E-state index in [0.717, 1.165) is 35.8 Å². The summed E-state index contributed by atoms with van der Waals surface area (Å²) in [4.78, 5) is 27.0. The van der Waals surface area contributed by atoms with Gasteiger partial charge in [-0.2, -0.15) is 0 Å². The number of carbonyl (C=O) groups is 1. The number of carbonyl (C=O) groups excluding carboxylic acids is 1. The molecular formula is C25H25NO6. The zero-order valence-corrected chi connectivity index (χ0v) is 18.1. The van der Waals surface area contributed by atoms with Crippen molar-refractivity contribution in [2.24, 2.45) is 5.92 Å². The summed E-state index contributed by atoms with van der Waals surface area (Å²) >= 11 is 0. The molecule has 7 nitrogen and oxygen atoms in total. The third-order valence-corrected chi connectivity index (χ3v) is 6.22. The summed E-state index contributed by atoms with van der Waals surface area (Å²) in [6, 6.07) is 12.2. The second-order valence-corrected chi connectivity index (χ2v) is 8.21. The van der Waals surface area contributed by atoms with Gasteiger partial charge in [-0.15, -0.1) is 0 Å². The van der Waals surface area contributed by atoms with Gasteiger partial charge in [-0.1, -0.05) is 12.1 Å². The largest absolute Gasteiger partial charge is 0.493 e. The fourth-order valence-corrected chi connectivity index (χ4v) is 4.41. The number of benzene rings is 2. The fraction of sp³-hybridized carbons (Fsp3) is 0.360. The summed E-state index contributed by atoms with van der Waals surface area (Å²) in [5.41, 5.74) is 2.08. The van der Waals surface area contributed by atoms with Crippen molar-refractivity contribution >= 4 is 16.9 Å². The minimum absolute atomic E-state index is 0.101. The number of ether oxygens (including phenoxy) is 3. The van der Waals surface area contributed by atoms with Gasteiger partial charge in [-0.3, -0.25) is 4.79 Å². The Kier molecular flexibility index (Phi) is 5.25. The maximum Gasteiger partial charge on any atom is 0.339 e. The van der Waals surface area contributed by atoms with E-state index >= 15 is 0 Å². The molecule has 0 saturated heterocycles. The van der Waals surface area contributed by atoms with Crippen LogP contribution in [0.3, 0.4) is 0 Å². The van der Waals surface area contributed by atoms with E-state index in [2.05, 4.69) is 0 Å². The number of nitrogens with zero attached hydrogens (tertiary/aromatic N) is 1. The van der Waals surface area contributed by atoms with Gasteiger partial charge >= 0.3 is 5.63 Å². The smallest absolute Gasteiger partial charge is 0.339 e. The molecule has 2 heterocycles. The lowest BCUT2D eigenvalue weighted by Gasteiger charge is -2.38. The van der Waals surface area contributed by atoms with E-state index in [4.69, 9.17) is 18.6 Å². The molecule has 1 fully saturated rings. The Morgan fingerprint density at radius 3 is 2.56 bits per heavy atom. The molecule has 0 spiro atoms. The molecule has 1 aliphatic heterocycles. The fourth-order valence-electron chi connectivity index (χ4n) is 4.41. The van der Waals surface area contributed by atoms with Crippen LogP contribution in [0, 0.1) is 5.92 Å². The summed E-state index contributed by atoms with van der Waals surface area (Å²) in [5, 5.41) is 0.718. The van der Waals surface area contributed by atoms with Gasteiger partial charge in [0.05, 0.1) is 31.7 Å². The van der Waals surface area contributed by atoms with Crippen LogP contribution in [0.1, 0.15) is 30.0 Å². The van der Waals surface area contributed by atoms with E-state index in [9.17, 15) is 9.59 Å². The van der Waals surface area contributed by atoms with Crippen LogP contribution in [-0.4, -0.2) is 38.2 Å². The molecule has 1 saturated carbocycles. The zero-order valence-electron chi connectivity index (χ0n) is 18.1. The molecule has 1 aliphatic carbocycles. The van der Waals surface area contributed by atoms with Gasteiger partial charge in [0.25, 0.3) is 0 Å². The first-order chi connectivity index (χ1) is 15.6. The van der Waals surface area contributed by atoms with Gasteiger partial charge in [-0.05, 0) is 54.7 Å². The molecule has 2 aliphatic rings. The van der Waals surface area contributed by atoms with Crippen LogP contribution in [-0.2, 0) is 11.2 Å². The predicted octanol–water partition coefficient (Wildman–Crippen LogP) is 3.73. The van der Waals surface area contributed by atoms with Crippen LogP contribution in [0.4, 0.5) is 0 Å². The van der Waals surface area contributed by atoms with E-state index < -0.39 is 5.63 Å². The standard InChI is InChI=1S/C25H25NO6/c1-29-22-11-16-9-10-26(25(28)15-7-8-15)19(18(16)12-23(22)30-2)14-31-21-13-24(27)32-20-6-4-3-5-17(20)21/h3-6,11-13,15,19H,7-10,14H2,1-2H3. The molecule has 32 heavy (non-hydrogen) atoms. The van der Waals surface area contributed by atoms with E-state index in [1.54, 1.807) is 20.3 Å². The molecule has 0 bridgehead atoms. The van der Waals surface area contributed by atoms with Crippen LogP contribution in [0.25, 0.3) is 11.0 Å². The molecule has 1 amide bonds. The summed E-state index contributed by atoms with van der Waals surface area (Å²) in [6.45, 7) is 0.831. The lowest BCUT2D eigenvalue weighted by atomic mass is 9.91. The molecule has 2 aromatic carbocycles. The first-order valence-corrected chi connectivity index (χ1v) is 10.8. The molecule has 5 rings (SSSR count). The van der Waals surface area contributed by atoms with Crippen molar-refractivity contribution in [1.29, 1.82) is 0 Å². The van der Waals surface area contributed by atoms with Gasteiger partial charge < -0.3 is 23.5 Å². The van der Waals surface area contributed by atoms with Gasteiger partial charge in [-0.25, -0.2) is 4.79 Å². The van der Waals surface area contributed by atoms with Crippen molar-refractivity contribution in [3.63, 3.8) is 0 Å². The number of para-hydroxylation sites is 1. The zero-order chi connectivity index (χ0) is 22.2. The average Bonchev–Trinajstić information content (AvgIpc) is 3.66. The van der Waals surface area contributed by atoms with Crippen LogP contribution >= 0.6 is 0 Å². The predicted molar refractivity (Wildman–Crippen MR) is 118 cm³/mol. The van der Waals surface area contributed by atoms with Crippen LogP contribution in [0.5, 0.6) is 17.2 Å². The van der Waals surface area contributed by atoms with Gasteiger partial charge in [0.1, 0.15) is 17.9 Å². The highest BCUT2D eigenvalue weighted by Gasteiger charge is 2.39. The monoisotopic (exact) mass is 435 g/mol. The van der Waals surface area contributed by atoms with E-state index in [1.165, 1.54) is 6.07 Å². The number of rotatable bonds is 6. The van der Waals surface area contributed by atoms with Crippen molar-refractivity contribution in [3.8, 4) is 17.2 Å². The van der Waals surface area contributed by atoms with E-state index in [-0.39, 0.29) is 24.5 Å². The number of amides is 1. The quantitative estimate of drug-likeness (QED) is 0.549. The highest BCUT2D eigenvalue weighted by Crippen LogP contribution is 2.41. The molecule has 0 N–H and O–H groups in total. The average molecular weight is 435 g/mol. The third kappa shape index (κ3) is 3.68. The highest BCUT2D eigenvalue weighted by atomic mass is 16.5. The van der Waals surface area contributed by atoms with Gasteiger partial charge in [0, 0.05) is 12.5 Å². The maximum absolute atomic E-state index is 13.1. The molecule has 3 aromatic rings.